The topological polar surface area (TPSA) is 73.2 Å². The summed E-state index contributed by atoms with van der Waals surface area (Å²) in [5.74, 6) is -1.28. The van der Waals surface area contributed by atoms with E-state index in [9.17, 15) is 22.8 Å². The van der Waals surface area contributed by atoms with Crippen LogP contribution in [-0.2, 0) is 15.8 Å². The van der Waals surface area contributed by atoms with Crippen LogP contribution in [-0.4, -0.2) is 18.4 Å². The average Bonchev–Trinajstić information content (AvgIpc) is 2.59. The van der Waals surface area contributed by atoms with Gasteiger partial charge in [0.2, 0.25) is 11.8 Å². The minimum absolute atomic E-state index is 0.288. The van der Waals surface area contributed by atoms with E-state index in [-0.39, 0.29) is 11.3 Å². The Bertz CT molecular complexity index is 872. The molecule has 0 spiro atoms. The first kappa shape index (κ1) is 19.0. The van der Waals surface area contributed by atoms with Crippen molar-refractivity contribution in [3.05, 3.63) is 59.7 Å². The second kappa shape index (κ2) is 7.70. The fraction of sp³-hybridized carbons (Fsp3) is 0.167. The molecule has 0 unspecified atom stereocenters. The fourth-order valence-corrected chi connectivity index (χ4v) is 2.30. The summed E-state index contributed by atoms with van der Waals surface area (Å²) in [5.41, 5.74) is -0.777. The number of anilines is 2. The highest BCUT2D eigenvalue weighted by Gasteiger charge is 2.33. The Morgan fingerprint density at radius 1 is 1.15 bits per heavy atom. The Balaban J connectivity index is 2.22. The number of para-hydroxylation sites is 1. The lowest BCUT2D eigenvalue weighted by Crippen LogP contribution is -2.37. The number of carbonyl (C=O) groups excluding carboxylic acids is 2. The summed E-state index contributed by atoms with van der Waals surface area (Å²) in [6, 6.07) is 12.5. The van der Waals surface area contributed by atoms with E-state index in [1.165, 1.54) is 37.3 Å². The molecule has 2 rings (SSSR count). The van der Waals surface area contributed by atoms with Crippen molar-refractivity contribution >= 4 is 23.2 Å². The molecule has 2 amide bonds. The third-order valence-corrected chi connectivity index (χ3v) is 3.48. The van der Waals surface area contributed by atoms with Crippen LogP contribution in [0.3, 0.4) is 0 Å². The van der Waals surface area contributed by atoms with E-state index in [2.05, 4.69) is 5.32 Å². The molecule has 0 saturated heterocycles. The Kier molecular flexibility index (Phi) is 5.62. The lowest BCUT2D eigenvalue weighted by Gasteiger charge is -2.21. The summed E-state index contributed by atoms with van der Waals surface area (Å²) in [7, 11) is 0. The number of hydrogen-bond acceptors (Lipinski definition) is 3. The summed E-state index contributed by atoms with van der Waals surface area (Å²) >= 11 is 0. The van der Waals surface area contributed by atoms with Gasteiger partial charge in [0.05, 0.1) is 22.9 Å². The van der Waals surface area contributed by atoms with E-state index >= 15 is 0 Å². The van der Waals surface area contributed by atoms with Gasteiger partial charge in [-0.05, 0) is 30.3 Å². The molecule has 134 valence electrons. The molecule has 0 aliphatic carbocycles. The van der Waals surface area contributed by atoms with Crippen molar-refractivity contribution in [1.29, 1.82) is 5.26 Å². The van der Waals surface area contributed by atoms with Gasteiger partial charge < -0.3 is 10.2 Å². The molecular weight excluding hydrogens is 347 g/mol. The van der Waals surface area contributed by atoms with Gasteiger partial charge in [-0.2, -0.15) is 18.4 Å². The highest BCUT2D eigenvalue weighted by molar-refractivity contribution is 6.02. The summed E-state index contributed by atoms with van der Waals surface area (Å²) in [6.07, 6.45) is -4.62. The van der Waals surface area contributed by atoms with Crippen LogP contribution in [0.4, 0.5) is 24.5 Å². The van der Waals surface area contributed by atoms with Crippen LogP contribution in [0.5, 0.6) is 0 Å². The smallest absolute Gasteiger partial charge is 0.324 e. The molecule has 0 aliphatic heterocycles. The van der Waals surface area contributed by atoms with E-state index in [1.807, 2.05) is 6.07 Å². The highest BCUT2D eigenvalue weighted by atomic mass is 19.4. The lowest BCUT2D eigenvalue weighted by atomic mass is 10.1. The molecule has 26 heavy (non-hydrogen) atoms. The normalized spacial score (nSPS) is 10.7. The van der Waals surface area contributed by atoms with Gasteiger partial charge in [-0.1, -0.05) is 18.2 Å². The van der Waals surface area contributed by atoms with Crippen LogP contribution in [0, 0.1) is 11.3 Å². The molecule has 8 heteroatoms. The number of halogens is 3. The molecule has 5 nitrogen and oxygen atoms in total. The Morgan fingerprint density at radius 2 is 1.85 bits per heavy atom. The Hall–Kier alpha value is -3.34. The molecular formula is C18H14F3N3O2. The maximum Gasteiger partial charge on any atom is 0.418 e. The molecule has 1 N–H and O–H groups in total. The number of amides is 2. The molecule has 0 bridgehead atoms. The van der Waals surface area contributed by atoms with Gasteiger partial charge in [0.25, 0.3) is 0 Å². The third-order valence-electron chi connectivity index (χ3n) is 3.48. The quantitative estimate of drug-likeness (QED) is 0.905. The van der Waals surface area contributed by atoms with E-state index in [4.69, 9.17) is 5.26 Å². The van der Waals surface area contributed by atoms with Crippen molar-refractivity contribution < 1.29 is 22.8 Å². The molecule has 0 heterocycles. The van der Waals surface area contributed by atoms with Crippen molar-refractivity contribution in [3.8, 4) is 6.07 Å². The number of benzene rings is 2. The van der Waals surface area contributed by atoms with Crippen molar-refractivity contribution in [1.82, 2.24) is 0 Å². The van der Waals surface area contributed by atoms with Gasteiger partial charge in [-0.3, -0.25) is 9.59 Å². The minimum Gasteiger partial charge on any atom is -0.324 e. The number of carbonyl (C=O) groups is 2. The predicted octanol–water partition coefficient (Wildman–Crippen LogP) is 3.57. The van der Waals surface area contributed by atoms with E-state index in [1.54, 1.807) is 6.07 Å². The van der Waals surface area contributed by atoms with Crippen LogP contribution in [0.1, 0.15) is 18.1 Å². The van der Waals surface area contributed by atoms with Crippen LogP contribution < -0.4 is 10.2 Å². The largest absolute Gasteiger partial charge is 0.418 e. The molecule has 0 atom stereocenters. The predicted molar refractivity (Wildman–Crippen MR) is 89.3 cm³/mol. The van der Waals surface area contributed by atoms with Crippen molar-refractivity contribution in [2.75, 3.05) is 16.8 Å². The Morgan fingerprint density at radius 3 is 2.46 bits per heavy atom. The number of nitrogens with one attached hydrogen (secondary N) is 1. The van der Waals surface area contributed by atoms with Crippen LogP contribution in [0.15, 0.2) is 48.5 Å². The van der Waals surface area contributed by atoms with Gasteiger partial charge >= 0.3 is 6.18 Å². The van der Waals surface area contributed by atoms with Crippen LogP contribution >= 0.6 is 0 Å². The summed E-state index contributed by atoms with van der Waals surface area (Å²) in [4.78, 5) is 25.1. The maximum absolute atomic E-state index is 13.0. The van der Waals surface area contributed by atoms with Crippen LogP contribution in [0.2, 0.25) is 0 Å². The van der Waals surface area contributed by atoms with Gasteiger partial charge in [-0.15, -0.1) is 0 Å². The monoisotopic (exact) mass is 361 g/mol. The summed E-state index contributed by atoms with van der Waals surface area (Å²) in [6.45, 7) is 0.729. The van der Waals surface area contributed by atoms with Gasteiger partial charge in [0, 0.05) is 12.6 Å². The second-order valence-electron chi connectivity index (χ2n) is 5.36. The number of nitriles is 1. The molecule has 0 fully saturated rings. The first-order chi connectivity index (χ1) is 12.2. The fourth-order valence-electron chi connectivity index (χ4n) is 2.30. The minimum atomic E-state index is -4.62. The number of nitrogens with zero attached hydrogens (tertiary/aromatic N) is 2. The molecule has 2 aromatic rings. The number of rotatable bonds is 4. The maximum atomic E-state index is 13.0. The van der Waals surface area contributed by atoms with E-state index in [0.29, 0.717) is 5.69 Å². The third kappa shape index (κ3) is 4.60. The second-order valence-corrected chi connectivity index (χ2v) is 5.36. The van der Waals surface area contributed by atoms with Crippen molar-refractivity contribution in [2.45, 2.75) is 13.1 Å². The van der Waals surface area contributed by atoms with E-state index < -0.39 is 30.1 Å². The average molecular weight is 361 g/mol. The molecule has 0 aliphatic rings. The van der Waals surface area contributed by atoms with Gasteiger partial charge in [0.1, 0.15) is 6.54 Å². The summed E-state index contributed by atoms with van der Waals surface area (Å²) < 4.78 is 39.0. The number of alkyl halides is 3. The van der Waals surface area contributed by atoms with Gasteiger partial charge in [-0.25, -0.2) is 0 Å². The molecule has 0 aromatic heterocycles. The Labute approximate surface area is 147 Å². The molecule has 0 saturated carbocycles. The molecule has 2 aromatic carbocycles. The zero-order valence-corrected chi connectivity index (χ0v) is 13.7. The van der Waals surface area contributed by atoms with Crippen molar-refractivity contribution in [3.63, 3.8) is 0 Å². The summed E-state index contributed by atoms with van der Waals surface area (Å²) in [5, 5.41) is 11.1. The lowest BCUT2D eigenvalue weighted by molar-refractivity contribution is -0.137. The molecule has 0 radical (unpaired) electrons. The zero-order chi connectivity index (χ0) is 19.3. The first-order valence-electron chi connectivity index (χ1n) is 7.46. The van der Waals surface area contributed by atoms with E-state index in [0.717, 1.165) is 17.0 Å². The highest BCUT2D eigenvalue weighted by Crippen LogP contribution is 2.34. The zero-order valence-electron chi connectivity index (χ0n) is 13.7. The van der Waals surface area contributed by atoms with Crippen LogP contribution in [0.25, 0.3) is 0 Å². The standard InChI is InChI=1S/C18H14F3N3O2/c1-12(25)24(14-6-4-5-13(9-14)10-22)11-17(26)23-16-8-3-2-7-15(16)18(19,20)21/h2-9H,11H2,1H3,(H,23,26). The SMILES string of the molecule is CC(=O)N(CC(=O)Nc1ccccc1C(F)(F)F)c1cccc(C#N)c1. The first-order valence-corrected chi connectivity index (χ1v) is 7.46. The van der Waals surface area contributed by atoms with Crippen molar-refractivity contribution in [2.24, 2.45) is 0 Å². The van der Waals surface area contributed by atoms with Gasteiger partial charge in [0.15, 0.2) is 0 Å². The number of hydrogen-bond donors (Lipinski definition) is 1.